The van der Waals surface area contributed by atoms with Gasteiger partial charge < -0.3 is 10.1 Å². The Morgan fingerprint density at radius 2 is 1.53 bits per heavy atom. The number of piperidine rings is 1. The van der Waals surface area contributed by atoms with E-state index in [0.717, 1.165) is 44.3 Å². The smallest absolute Gasteiger partial charge is 0.338 e. The van der Waals surface area contributed by atoms with Gasteiger partial charge in [-0.3, -0.25) is 4.90 Å². The SMILES string of the molecule is CC(C)(C)OC(=O)c1ccccc1[C@]12CC[C@H](CC[C@H]1NCc1ccccc1)N2Cc1ccccc1. The van der Waals surface area contributed by atoms with Gasteiger partial charge in [0.1, 0.15) is 5.60 Å². The van der Waals surface area contributed by atoms with Crippen molar-refractivity contribution in [2.75, 3.05) is 0 Å². The molecule has 2 aliphatic heterocycles. The van der Waals surface area contributed by atoms with Gasteiger partial charge >= 0.3 is 5.97 Å². The predicted molar refractivity (Wildman–Crippen MR) is 145 cm³/mol. The van der Waals surface area contributed by atoms with E-state index in [-0.39, 0.29) is 17.6 Å². The molecule has 2 saturated heterocycles. The highest BCUT2D eigenvalue weighted by molar-refractivity contribution is 5.92. The van der Waals surface area contributed by atoms with Crippen molar-refractivity contribution in [3.05, 3.63) is 107 Å². The van der Waals surface area contributed by atoms with Gasteiger partial charge in [-0.2, -0.15) is 0 Å². The lowest BCUT2D eigenvalue weighted by atomic mass is 9.75. The minimum Gasteiger partial charge on any atom is -0.456 e. The number of fused-ring (bicyclic) bond motifs is 2. The van der Waals surface area contributed by atoms with Crippen molar-refractivity contribution in [2.45, 2.75) is 82.8 Å². The van der Waals surface area contributed by atoms with Crippen LogP contribution in [0.4, 0.5) is 0 Å². The summed E-state index contributed by atoms with van der Waals surface area (Å²) >= 11 is 0. The van der Waals surface area contributed by atoms with Crippen molar-refractivity contribution in [3.8, 4) is 0 Å². The number of carbonyl (C=O) groups excluding carboxylic acids is 1. The summed E-state index contributed by atoms with van der Waals surface area (Å²) in [6, 6.07) is 30.2. The number of nitrogens with zero attached hydrogens (tertiary/aromatic N) is 1. The Bertz CT molecular complexity index is 1170. The summed E-state index contributed by atoms with van der Waals surface area (Å²) in [5.74, 6) is -0.233. The van der Waals surface area contributed by atoms with Gasteiger partial charge in [0.15, 0.2) is 0 Å². The van der Waals surface area contributed by atoms with Gasteiger partial charge in [0.05, 0.1) is 11.1 Å². The first-order valence-corrected chi connectivity index (χ1v) is 13.3. The van der Waals surface area contributed by atoms with Crippen LogP contribution >= 0.6 is 0 Å². The lowest BCUT2D eigenvalue weighted by Gasteiger charge is -2.51. The average molecular weight is 483 g/mol. The molecule has 188 valence electrons. The third-order valence-corrected chi connectivity index (χ3v) is 7.78. The van der Waals surface area contributed by atoms with Crippen LogP contribution in [0.15, 0.2) is 84.9 Å². The first kappa shape index (κ1) is 24.7. The summed E-state index contributed by atoms with van der Waals surface area (Å²) < 4.78 is 5.90. The standard InChI is InChI=1S/C32H38N2O2/c1-31(2,3)36-30(35)27-16-10-11-17-28(27)32-21-20-26(34(32)23-25-14-8-5-9-15-25)18-19-29(32)33-22-24-12-6-4-7-13-24/h4-17,26,29,33H,18-23H2,1-3H3/t26-,29+,32+/m0/s1. The van der Waals surface area contributed by atoms with Gasteiger partial charge in [-0.25, -0.2) is 4.79 Å². The van der Waals surface area contributed by atoms with Gasteiger partial charge in [-0.05, 0) is 69.2 Å². The van der Waals surface area contributed by atoms with Crippen LogP contribution in [0.5, 0.6) is 0 Å². The van der Waals surface area contributed by atoms with Crippen LogP contribution in [0.1, 0.15) is 73.5 Å². The Hall–Kier alpha value is -2.95. The Labute approximate surface area is 215 Å². The van der Waals surface area contributed by atoms with Crippen LogP contribution < -0.4 is 5.32 Å². The number of rotatable bonds is 7. The summed E-state index contributed by atoms with van der Waals surface area (Å²) in [5.41, 5.74) is 3.57. The van der Waals surface area contributed by atoms with E-state index in [1.165, 1.54) is 11.1 Å². The van der Waals surface area contributed by atoms with Crippen LogP contribution in [0.3, 0.4) is 0 Å². The summed E-state index contributed by atoms with van der Waals surface area (Å²) in [6.45, 7) is 7.49. The molecule has 2 heterocycles. The summed E-state index contributed by atoms with van der Waals surface area (Å²) in [6.07, 6.45) is 4.41. The lowest BCUT2D eigenvalue weighted by Crippen LogP contribution is -2.60. The highest BCUT2D eigenvalue weighted by Crippen LogP contribution is 2.52. The fraction of sp³-hybridized carbons (Fsp3) is 0.406. The van der Waals surface area contributed by atoms with Gasteiger partial charge in [0.25, 0.3) is 0 Å². The minimum absolute atomic E-state index is 0.226. The van der Waals surface area contributed by atoms with E-state index < -0.39 is 5.60 Å². The van der Waals surface area contributed by atoms with Crippen molar-refractivity contribution in [1.29, 1.82) is 0 Å². The first-order valence-electron chi connectivity index (χ1n) is 13.3. The maximum atomic E-state index is 13.5. The number of benzene rings is 3. The van der Waals surface area contributed by atoms with Crippen molar-refractivity contribution in [1.82, 2.24) is 10.2 Å². The zero-order valence-electron chi connectivity index (χ0n) is 21.7. The number of ether oxygens (including phenoxy) is 1. The van der Waals surface area contributed by atoms with Crippen molar-refractivity contribution in [3.63, 3.8) is 0 Å². The lowest BCUT2D eigenvalue weighted by molar-refractivity contribution is 0.000281. The largest absolute Gasteiger partial charge is 0.456 e. The van der Waals surface area contributed by atoms with Crippen LogP contribution in [0, 0.1) is 0 Å². The maximum absolute atomic E-state index is 13.5. The topological polar surface area (TPSA) is 41.6 Å². The molecule has 3 aromatic carbocycles. The molecule has 4 nitrogen and oxygen atoms in total. The van der Waals surface area contributed by atoms with Gasteiger partial charge in [0, 0.05) is 25.2 Å². The summed E-state index contributed by atoms with van der Waals surface area (Å²) in [5, 5.41) is 3.94. The van der Waals surface area contributed by atoms with Crippen LogP contribution in [-0.4, -0.2) is 28.6 Å². The zero-order chi connectivity index (χ0) is 25.2. The molecule has 2 bridgehead atoms. The second-order valence-corrected chi connectivity index (χ2v) is 11.3. The normalized spacial score (nSPS) is 24.0. The average Bonchev–Trinajstić information content (AvgIpc) is 3.11. The fourth-order valence-corrected chi connectivity index (χ4v) is 6.29. The number of nitrogens with one attached hydrogen (secondary N) is 1. The number of hydrogen-bond donors (Lipinski definition) is 1. The van der Waals surface area contributed by atoms with Crippen molar-refractivity contribution in [2.24, 2.45) is 0 Å². The number of carbonyl (C=O) groups is 1. The quantitative estimate of drug-likeness (QED) is 0.393. The Morgan fingerprint density at radius 1 is 0.889 bits per heavy atom. The van der Waals surface area contributed by atoms with Gasteiger partial charge in [-0.1, -0.05) is 78.9 Å². The number of esters is 1. The highest BCUT2D eigenvalue weighted by atomic mass is 16.6. The predicted octanol–water partition coefficient (Wildman–Crippen LogP) is 6.45. The molecule has 0 radical (unpaired) electrons. The van der Waals surface area contributed by atoms with Crippen molar-refractivity contribution < 1.29 is 9.53 Å². The molecule has 0 amide bonds. The Kier molecular flexibility index (Phi) is 7.00. The minimum atomic E-state index is -0.540. The van der Waals surface area contributed by atoms with Crippen LogP contribution in [0.2, 0.25) is 0 Å². The van der Waals surface area contributed by atoms with Crippen LogP contribution in [0.25, 0.3) is 0 Å². The monoisotopic (exact) mass is 482 g/mol. The Morgan fingerprint density at radius 3 is 2.22 bits per heavy atom. The number of hydrogen-bond acceptors (Lipinski definition) is 4. The molecular weight excluding hydrogens is 444 g/mol. The molecule has 2 fully saturated rings. The third-order valence-electron chi connectivity index (χ3n) is 7.78. The second-order valence-electron chi connectivity index (χ2n) is 11.3. The van der Waals surface area contributed by atoms with Crippen LogP contribution in [-0.2, 0) is 23.4 Å². The highest BCUT2D eigenvalue weighted by Gasteiger charge is 2.56. The van der Waals surface area contributed by atoms with Crippen molar-refractivity contribution >= 4 is 5.97 Å². The molecule has 0 saturated carbocycles. The molecule has 5 rings (SSSR count). The van der Waals surface area contributed by atoms with E-state index >= 15 is 0 Å². The summed E-state index contributed by atoms with van der Waals surface area (Å²) in [4.78, 5) is 16.2. The fourth-order valence-electron chi connectivity index (χ4n) is 6.29. The molecule has 0 unspecified atom stereocenters. The summed E-state index contributed by atoms with van der Waals surface area (Å²) in [7, 11) is 0. The molecule has 2 aliphatic rings. The molecule has 36 heavy (non-hydrogen) atoms. The zero-order valence-corrected chi connectivity index (χ0v) is 21.7. The molecule has 3 atom stereocenters. The van der Waals surface area contributed by atoms with E-state index in [1.807, 2.05) is 32.9 Å². The molecular formula is C32H38N2O2. The maximum Gasteiger partial charge on any atom is 0.338 e. The van der Waals surface area contributed by atoms with Gasteiger partial charge in [-0.15, -0.1) is 0 Å². The molecule has 0 aliphatic carbocycles. The van der Waals surface area contributed by atoms with Gasteiger partial charge in [0.2, 0.25) is 0 Å². The van der Waals surface area contributed by atoms with E-state index in [4.69, 9.17) is 4.74 Å². The van der Waals surface area contributed by atoms with E-state index in [0.29, 0.717) is 11.6 Å². The molecule has 3 aromatic rings. The third kappa shape index (κ3) is 4.98. The second kappa shape index (κ2) is 10.2. The molecule has 1 N–H and O–H groups in total. The molecule has 4 heteroatoms. The van der Waals surface area contributed by atoms with E-state index in [2.05, 4.69) is 83.0 Å². The molecule has 0 spiro atoms. The first-order chi connectivity index (χ1) is 17.4. The van der Waals surface area contributed by atoms with E-state index in [9.17, 15) is 4.79 Å². The Balaban J connectivity index is 1.57. The molecule has 0 aromatic heterocycles. The van der Waals surface area contributed by atoms with E-state index in [1.54, 1.807) is 0 Å².